The maximum Gasteiger partial charge on any atom is 0.329 e. The van der Waals surface area contributed by atoms with Gasteiger partial charge >= 0.3 is 5.97 Å². The molecule has 1 aromatic carbocycles. The largest absolute Gasteiger partial charge is 0.458 e. The van der Waals surface area contributed by atoms with E-state index in [0.29, 0.717) is 11.3 Å². The van der Waals surface area contributed by atoms with Gasteiger partial charge in [0.15, 0.2) is 0 Å². The molecule has 1 amide bonds. The number of aromatic amines is 1. The lowest BCUT2D eigenvalue weighted by Gasteiger charge is -2.16. The van der Waals surface area contributed by atoms with Crippen molar-refractivity contribution < 1.29 is 14.3 Å². The molecule has 0 saturated heterocycles. The van der Waals surface area contributed by atoms with Gasteiger partial charge in [-0.25, -0.2) is 9.78 Å². The molecule has 31 heavy (non-hydrogen) atoms. The molecule has 0 aliphatic carbocycles. The lowest BCUT2D eigenvalue weighted by molar-refractivity contribution is -0.149. The number of rotatable bonds is 6. The Hall–Kier alpha value is -3.46. The Morgan fingerprint density at radius 2 is 2.06 bits per heavy atom. The number of aromatic nitrogens is 3. The van der Waals surface area contributed by atoms with Gasteiger partial charge in [0.1, 0.15) is 18.3 Å². The maximum absolute atomic E-state index is 12.7. The van der Waals surface area contributed by atoms with E-state index in [1.165, 1.54) is 17.4 Å². The zero-order valence-corrected chi connectivity index (χ0v) is 18.2. The van der Waals surface area contributed by atoms with Gasteiger partial charge in [-0.1, -0.05) is 18.2 Å². The molecule has 2 N–H and O–H groups in total. The van der Waals surface area contributed by atoms with Crippen molar-refractivity contribution in [3.8, 4) is 0 Å². The molecule has 3 aromatic heterocycles. The second-order valence-corrected chi connectivity index (χ2v) is 8.00. The Morgan fingerprint density at radius 3 is 2.87 bits per heavy atom. The Kier molecular flexibility index (Phi) is 5.85. The monoisotopic (exact) mass is 482 g/mol. The normalized spacial score (nSPS) is 12.1. The lowest BCUT2D eigenvalue weighted by Crippen LogP contribution is -2.42. The van der Waals surface area contributed by atoms with Gasteiger partial charge in [-0.15, -0.1) is 0 Å². The molecular formula is C22H19BrN4O4. The summed E-state index contributed by atoms with van der Waals surface area (Å²) in [4.78, 5) is 44.2. The molecule has 0 fully saturated rings. The molecule has 0 aliphatic heterocycles. The molecule has 0 bridgehead atoms. The van der Waals surface area contributed by atoms with Gasteiger partial charge in [-0.3, -0.25) is 14.0 Å². The number of hydrogen-bond donors (Lipinski definition) is 2. The number of hydrogen-bond acceptors (Lipinski definition) is 5. The third-order valence-corrected chi connectivity index (χ3v) is 5.27. The number of carbonyl (C=O) groups excluding carboxylic acids is 2. The Bertz CT molecular complexity index is 1340. The van der Waals surface area contributed by atoms with E-state index in [1.807, 2.05) is 30.5 Å². The molecule has 0 spiro atoms. The van der Waals surface area contributed by atoms with Crippen LogP contribution in [0, 0.1) is 0 Å². The Morgan fingerprint density at radius 1 is 1.26 bits per heavy atom. The first-order chi connectivity index (χ1) is 14.9. The predicted octanol–water partition coefficient (Wildman–Crippen LogP) is 2.73. The number of para-hydroxylation sites is 1. The van der Waals surface area contributed by atoms with Crippen LogP contribution in [0.1, 0.15) is 18.2 Å². The van der Waals surface area contributed by atoms with Crippen molar-refractivity contribution in [3.63, 3.8) is 0 Å². The van der Waals surface area contributed by atoms with Crippen LogP contribution in [-0.4, -0.2) is 32.3 Å². The molecular weight excluding hydrogens is 464 g/mol. The summed E-state index contributed by atoms with van der Waals surface area (Å²) in [5.74, 6) is -0.937. The number of pyridine rings is 1. The quantitative estimate of drug-likeness (QED) is 0.411. The summed E-state index contributed by atoms with van der Waals surface area (Å²) in [6.45, 7) is 1.17. The second-order valence-electron chi connectivity index (χ2n) is 7.09. The molecule has 9 heteroatoms. The smallest absolute Gasteiger partial charge is 0.329 e. The van der Waals surface area contributed by atoms with Crippen LogP contribution in [0.25, 0.3) is 16.6 Å². The minimum absolute atomic E-state index is 0.176. The molecule has 4 aromatic rings. The maximum atomic E-state index is 12.7. The topological polar surface area (TPSA) is 106 Å². The van der Waals surface area contributed by atoms with Gasteiger partial charge in [0, 0.05) is 47.2 Å². The Balaban J connectivity index is 1.51. The number of benzene rings is 1. The first-order valence-electron chi connectivity index (χ1n) is 9.57. The van der Waals surface area contributed by atoms with Crippen LogP contribution in [0.4, 0.5) is 0 Å². The predicted molar refractivity (Wildman–Crippen MR) is 119 cm³/mol. The zero-order valence-electron chi connectivity index (χ0n) is 16.6. The van der Waals surface area contributed by atoms with Gasteiger partial charge in [0.25, 0.3) is 5.56 Å². The molecule has 3 heterocycles. The second kappa shape index (κ2) is 8.73. The van der Waals surface area contributed by atoms with E-state index in [1.54, 1.807) is 18.3 Å². The van der Waals surface area contributed by atoms with Crippen molar-refractivity contribution in [1.82, 2.24) is 19.7 Å². The zero-order chi connectivity index (χ0) is 22.0. The van der Waals surface area contributed by atoms with Crippen molar-refractivity contribution >= 4 is 44.4 Å². The highest BCUT2D eigenvalue weighted by atomic mass is 79.9. The molecule has 0 unspecified atom stereocenters. The minimum atomic E-state index is -0.866. The van der Waals surface area contributed by atoms with E-state index < -0.39 is 12.0 Å². The number of ether oxygens (including phenoxy) is 1. The molecule has 0 radical (unpaired) electrons. The average Bonchev–Trinajstić information content (AvgIpc) is 3.15. The third kappa shape index (κ3) is 4.66. The highest BCUT2D eigenvalue weighted by molar-refractivity contribution is 9.10. The summed E-state index contributed by atoms with van der Waals surface area (Å²) in [5.41, 5.74) is 2.32. The average molecular weight is 483 g/mol. The number of nitrogens with one attached hydrogen (secondary N) is 2. The summed E-state index contributed by atoms with van der Waals surface area (Å²) in [7, 11) is 0. The Labute approximate surface area is 185 Å². The number of H-pyrrole nitrogens is 1. The number of amides is 1. The standard InChI is InChI=1S/C22H19BrN4O4/c1-13(28)25-19(8-14-10-24-18-5-3-2-4-17(14)18)22(30)31-12-16-9-21(29)27-11-15(23)6-7-20(27)26-16/h2-7,9-11,19,24H,8,12H2,1H3,(H,25,28)/t19-/m1/s1. The van der Waals surface area contributed by atoms with Gasteiger partial charge < -0.3 is 15.0 Å². The highest BCUT2D eigenvalue weighted by Crippen LogP contribution is 2.19. The number of fused-ring (bicyclic) bond motifs is 2. The van der Waals surface area contributed by atoms with E-state index in [9.17, 15) is 14.4 Å². The summed E-state index contributed by atoms with van der Waals surface area (Å²) >= 11 is 3.32. The van der Waals surface area contributed by atoms with Crippen LogP contribution in [0.15, 0.2) is 64.1 Å². The highest BCUT2D eigenvalue weighted by Gasteiger charge is 2.23. The first kappa shape index (κ1) is 20.8. The van der Waals surface area contributed by atoms with Crippen LogP contribution in [-0.2, 0) is 27.4 Å². The summed E-state index contributed by atoms with van der Waals surface area (Å²) in [5, 5.41) is 3.62. The number of carbonyl (C=O) groups is 2. The van der Waals surface area contributed by atoms with E-state index >= 15 is 0 Å². The van der Waals surface area contributed by atoms with E-state index in [-0.39, 0.29) is 24.5 Å². The molecule has 0 saturated carbocycles. The molecule has 1 atom stereocenters. The van der Waals surface area contributed by atoms with Crippen molar-refractivity contribution in [2.24, 2.45) is 0 Å². The summed E-state index contributed by atoms with van der Waals surface area (Å²) in [6, 6.07) is 11.6. The first-order valence-corrected chi connectivity index (χ1v) is 10.4. The van der Waals surface area contributed by atoms with Crippen molar-refractivity contribution in [1.29, 1.82) is 0 Å². The van der Waals surface area contributed by atoms with E-state index in [4.69, 9.17) is 4.74 Å². The lowest BCUT2D eigenvalue weighted by atomic mass is 10.0. The van der Waals surface area contributed by atoms with Crippen LogP contribution < -0.4 is 10.9 Å². The van der Waals surface area contributed by atoms with Gasteiger partial charge in [0.2, 0.25) is 5.91 Å². The van der Waals surface area contributed by atoms with Gasteiger partial charge in [-0.05, 0) is 39.7 Å². The summed E-state index contributed by atoms with van der Waals surface area (Å²) in [6.07, 6.45) is 3.70. The van der Waals surface area contributed by atoms with Gasteiger partial charge in [0.05, 0.1) is 5.69 Å². The van der Waals surface area contributed by atoms with E-state index in [0.717, 1.165) is 20.9 Å². The number of nitrogens with zero attached hydrogens (tertiary/aromatic N) is 2. The van der Waals surface area contributed by atoms with Crippen molar-refractivity contribution in [2.75, 3.05) is 0 Å². The van der Waals surface area contributed by atoms with Crippen LogP contribution >= 0.6 is 15.9 Å². The minimum Gasteiger partial charge on any atom is -0.458 e. The number of esters is 1. The summed E-state index contributed by atoms with van der Waals surface area (Å²) < 4.78 is 7.54. The van der Waals surface area contributed by atoms with Crippen LogP contribution in [0.5, 0.6) is 0 Å². The fraction of sp³-hybridized carbons (Fsp3) is 0.182. The molecule has 8 nitrogen and oxygen atoms in total. The molecule has 158 valence electrons. The molecule has 0 aliphatic rings. The van der Waals surface area contributed by atoms with Crippen molar-refractivity contribution in [3.05, 3.63) is 80.9 Å². The number of halogens is 1. The van der Waals surface area contributed by atoms with Gasteiger partial charge in [-0.2, -0.15) is 0 Å². The van der Waals surface area contributed by atoms with Crippen LogP contribution in [0.2, 0.25) is 0 Å². The van der Waals surface area contributed by atoms with Crippen LogP contribution in [0.3, 0.4) is 0 Å². The van der Waals surface area contributed by atoms with Crippen molar-refractivity contribution in [2.45, 2.75) is 26.0 Å². The third-order valence-electron chi connectivity index (χ3n) is 4.80. The fourth-order valence-corrected chi connectivity index (χ4v) is 3.74. The van der Waals surface area contributed by atoms with E-state index in [2.05, 4.69) is 31.2 Å². The SMILES string of the molecule is CC(=O)N[C@H](Cc1c[nH]c2ccccc12)C(=O)OCc1cc(=O)n2cc(Br)ccc2n1. The fourth-order valence-electron chi connectivity index (χ4n) is 3.40. The molecule has 4 rings (SSSR count).